The van der Waals surface area contributed by atoms with Gasteiger partial charge in [0.05, 0.1) is 11.3 Å². The van der Waals surface area contributed by atoms with Crippen molar-refractivity contribution in [1.82, 2.24) is 4.90 Å². The molecule has 0 aliphatic carbocycles. The van der Waals surface area contributed by atoms with E-state index in [1.807, 2.05) is 12.1 Å². The van der Waals surface area contributed by atoms with E-state index in [0.717, 1.165) is 17.8 Å². The number of rotatable bonds is 3. The summed E-state index contributed by atoms with van der Waals surface area (Å²) in [4.78, 5) is 4.81. The van der Waals surface area contributed by atoms with Crippen LogP contribution in [0.2, 0.25) is 0 Å². The van der Waals surface area contributed by atoms with Crippen molar-refractivity contribution in [1.29, 1.82) is 5.26 Å². The molecular weight excluding hydrogens is 234 g/mol. The molecule has 0 N–H and O–H groups in total. The predicted octanol–water partition coefficient (Wildman–Crippen LogP) is 2.79. The topological polar surface area (TPSA) is 30.3 Å². The third kappa shape index (κ3) is 2.90. The van der Waals surface area contributed by atoms with Gasteiger partial charge in [-0.2, -0.15) is 5.26 Å². The van der Waals surface area contributed by atoms with Gasteiger partial charge in [-0.1, -0.05) is 19.1 Å². The van der Waals surface area contributed by atoms with Crippen LogP contribution >= 0.6 is 0 Å². The third-order valence-corrected chi connectivity index (χ3v) is 4.26. The highest BCUT2D eigenvalue weighted by Gasteiger charge is 2.23. The Morgan fingerprint density at radius 3 is 2.63 bits per heavy atom. The molecule has 1 fully saturated rings. The van der Waals surface area contributed by atoms with E-state index in [4.69, 9.17) is 0 Å². The molecule has 19 heavy (non-hydrogen) atoms. The molecule has 1 aromatic rings. The normalized spacial score (nSPS) is 17.2. The van der Waals surface area contributed by atoms with Crippen LogP contribution in [0.5, 0.6) is 0 Å². The summed E-state index contributed by atoms with van der Waals surface area (Å²) in [5.41, 5.74) is 3.10. The fourth-order valence-electron chi connectivity index (χ4n) is 3.02. The predicted molar refractivity (Wildman–Crippen MR) is 79.4 cm³/mol. The molecule has 3 heteroatoms. The number of anilines is 1. The molecule has 0 amide bonds. The van der Waals surface area contributed by atoms with E-state index in [9.17, 15) is 5.26 Å². The van der Waals surface area contributed by atoms with Gasteiger partial charge in [0.2, 0.25) is 0 Å². The van der Waals surface area contributed by atoms with E-state index >= 15 is 0 Å². The third-order valence-electron chi connectivity index (χ3n) is 4.26. The van der Waals surface area contributed by atoms with Crippen molar-refractivity contribution in [3.63, 3.8) is 0 Å². The zero-order chi connectivity index (χ0) is 13.8. The Kier molecular flexibility index (Phi) is 4.44. The van der Waals surface area contributed by atoms with Gasteiger partial charge < -0.3 is 9.80 Å². The summed E-state index contributed by atoms with van der Waals surface area (Å²) in [6.07, 6.45) is 2.37. The summed E-state index contributed by atoms with van der Waals surface area (Å²) in [5, 5.41) is 9.29. The number of benzene rings is 1. The summed E-state index contributed by atoms with van der Waals surface area (Å²) in [6.45, 7) is 7.79. The molecule has 102 valence electrons. The summed E-state index contributed by atoms with van der Waals surface area (Å²) in [5.74, 6) is 0. The average molecular weight is 257 g/mol. The number of piperidine rings is 1. The number of hydrogen-bond donors (Lipinski definition) is 0. The molecule has 0 saturated carbocycles. The SMILES string of the molecule is CCN1CCC(N(C)c2c(C)cccc2C#N)CC1. The summed E-state index contributed by atoms with van der Waals surface area (Å²) < 4.78 is 0. The molecule has 2 rings (SSSR count). The lowest BCUT2D eigenvalue weighted by Gasteiger charge is -2.38. The molecule has 0 atom stereocenters. The first kappa shape index (κ1) is 13.9. The quantitative estimate of drug-likeness (QED) is 0.834. The number of hydrogen-bond acceptors (Lipinski definition) is 3. The molecule has 1 heterocycles. The number of nitrogens with zero attached hydrogens (tertiary/aromatic N) is 3. The molecule has 3 nitrogen and oxygen atoms in total. The first-order valence-corrected chi connectivity index (χ1v) is 7.12. The van der Waals surface area contributed by atoms with Crippen molar-refractivity contribution in [2.24, 2.45) is 0 Å². The van der Waals surface area contributed by atoms with Gasteiger partial charge >= 0.3 is 0 Å². The van der Waals surface area contributed by atoms with Crippen molar-refractivity contribution in [2.45, 2.75) is 32.7 Å². The molecule has 0 bridgehead atoms. The fraction of sp³-hybridized carbons (Fsp3) is 0.562. The van der Waals surface area contributed by atoms with Gasteiger partial charge in [-0.05, 0) is 37.9 Å². The Morgan fingerprint density at radius 1 is 1.37 bits per heavy atom. The van der Waals surface area contributed by atoms with E-state index in [1.54, 1.807) is 0 Å². The second kappa shape index (κ2) is 6.08. The second-order valence-corrected chi connectivity index (χ2v) is 5.36. The van der Waals surface area contributed by atoms with E-state index in [1.165, 1.54) is 31.5 Å². The van der Waals surface area contributed by atoms with Crippen molar-refractivity contribution in [3.05, 3.63) is 29.3 Å². The van der Waals surface area contributed by atoms with Gasteiger partial charge in [-0.25, -0.2) is 0 Å². The lowest BCUT2D eigenvalue weighted by Crippen LogP contribution is -2.43. The molecule has 0 unspecified atom stereocenters. The standard InChI is InChI=1S/C16H23N3/c1-4-19-10-8-15(9-11-19)18(3)16-13(2)6-5-7-14(16)12-17/h5-7,15H,4,8-11H2,1-3H3. The first-order valence-electron chi connectivity index (χ1n) is 7.12. The minimum Gasteiger partial charge on any atom is -0.370 e. The van der Waals surface area contributed by atoms with Crippen molar-refractivity contribution >= 4 is 5.69 Å². The molecule has 1 aliphatic rings. The maximum atomic E-state index is 9.29. The second-order valence-electron chi connectivity index (χ2n) is 5.36. The van der Waals surface area contributed by atoms with Crippen LogP contribution in [0.3, 0.4) is 0 Å². The van der Waals surface area contributed by atoms with Crippen LogP contribution in [0.1, 0.15) is 30.9 Å². The molecule has 0 radical (unpaired) electrons. The minimum absolute atomic E-state index is 0.552. The Balaban J connectivity index is 2.17. The Hall–Kier alpha value is -1.53. The van der Waals surface area contributed by atoms with Crippen LogP contribution in [0, 0.1) is 18.3 Å². The number of nitriles is 1. The summed E-state index contributed by atoms with van der Waals surface area (Å²) >= 11 is 0. The Morgan fingerprint density at radius 2 is 2.05 bits per heavy atom. The van der Waals surface area contributed by atoms with Crippen molar-refractivity contribution in [3.8, 4) is 6.07 Å². The van der Waals surface area contributed by atoms with Gasteiger partial charge in [-0.15, -0.1) is 0 Å². The zero-order valence-corrected chi connectivity index (χ0v) is 12.2. The van der Waals surface area contributed by atoms with Gasteiger partial charge in [0.1, 0.15) is 6.07 Å². The van der Waals surface area contributed by atoms with Crippen LogP contribution in [-0.4, -0.2) is 37.6 Å². The highest BCUT2D eigenvalue weighted by molar-refractivity contribution is 5.64. The maximum absolute atomic E-state index is 9.29. The zero-order valence-electron chi connectivity index (χ0n) is 12.2. The lowest BCUT2D eigenvalue weighted by atomic mass is 10.00. The Bertz CT molecular complexity index is 467. The number of likely N-dealkylation sites (tertiary alicyclic amines) is 1. The number of para-hydroxylation sites is 1. The van der Waals surface area contributed by atoms with Crippen molar-refractivity contribution in [2.75, 3.05) is 31.6 Å². The van der Waals surface area contributed by atoms with E-state index in [-0.39, 0.29) is 0 Å². The highest BCUT2D eigenvalue weighted by Crippen LogP contribution is 2.28. The molecule has 0 spiro atoms. The van der Waals surface area contributed by atoms with Gasteiger partial charge in [0, 0.05) is 26.2 Å². The summed E-state index contributed by atoms with van der Waals surface area (Å²) in [6, 6.07) is 8.85. The van der Waals surface area contributed by atoms with Gasteiger partial charge in [-0.3, -0.25) is 0 Å². The Labute approximate surface area is 116 Å². The molecule has 1 aromatic carbocycles. The first-order chi connectivity index (χ1) is 9.17. The highest BCUT2D eigenvalue weighted by atomic mass is 15.2. The largest absolute Gasteiger partial charge is 0.370 e. The summed E-state index contributed by atoms with van der Waals surface area (Å²) in [7, 11) is 2.13. The molecular formula is C16H23N3. The van der Waals surface area contributed by atoms with E-state index < -0.39 is 0 Å². The van der Waals surface area contributed by atoms with Crippen LogP contribution in [0.15, 0.2) is 18.2 Å². The fourth-order valence-corrected chi connectivity index (χ4v) is 3.02. The molecule has 0 aromatic heterocycles. The van der Waals surface area contributed by atoms with Gasteiger partial charge in [0.25, 0.3) is 0 Å². The molecule has 1 aliphatic heterocycles. The van der Waals surface area contributed by atoms with Crippen LogP contribution in [0.4, 0.5) is 5.69 Å². The number of aryl methyl sites for hydroxylation is 1. The van der Waals surface area contributed by atoms with E-state index in [2.05, 4.69) is 42.8 Å². The molecule has 1 saturated heterocycles. The van der Waals surface area contributed by atoms with Crippen molar-refractivity contribution < 1.29 is 0 Å². The van der Waals surface area contributed by atoms with Crippen LogP contribution in [0.25, 0.3) is 0 Å². The minimum atomic E-state index is 0.552. The van der Waals surface area contributed by atoms with Crippen LogP contribution < -0.4 is 4.90 Å². The average Bonchev–Trinajstić information content (AvgIpc) is 2.46. The smallest absolute Gasteiger partial charge is 0.101 e. The lowest BCUT2D eigenvalue weighted by molar-refractivity contribution is 0.221. The van der Waals surface area contributed by atoms with Gasteiger partial charge in [0.15, 0.2) is 0 Å². The van der Waals surface area contributed by atoms with E-state index in [0.29, 0.717) is 6.04 Å². The maximum Gasteiger partial charge on any atom is 0.101 e. The monoisotopic (exact) mass is 257 g/mol. The van der Waals surface area contributed by atoms with Crippen LogP contribution in [-0.2, 0) is 0 Å².